The maximum atomic E-state index is 13.0. The fourth-order valence-corrected chi connectivity index (χ4v) is 6.70. The molecule has 4 rings (SSSR count). The summed E-state index contributed by atoms with van der Waals surface area (Å²) in [5.74, 6) is 0.781. The first-order valence-corrected chi connectivity index (χ1v) is 11.9. The molecule has 0 N–H and O–H groups in total. The molecule has 0 radical (unpaired) electrons. The Morgan fingerprint density at radius 3 is 2.75 bits per heavy atom. The van der Waals surface area contributed by atoms with Crippen LogP contribution in [0.15, 0.2) is 35.9 Å². The fraction of sp³-hybridized carbons (Fsp3) is 0.571. The van der Waals surface area contributed by atoms with Gasteiger partial charge in [-0.05, 0) is 44.2 Å². The number of fused-ring (bicyclic) bond motifs is 1. The molecule has 2 heterocycles. The molecule has 2 saturated heterocycles. The van der Waals surface area contributed by atoms with E-state index >= 15 is 0 Å². The number of amides is 1. The van der Waals surface area contributed by atoms with Crippen molar-refractivity contribution < 1.29 is 17.9 Å². The van der Waals surface area contributed by atoms with Crippen LogP contribution in [0.1, 0.15) is 32.1 Å². The summed E-state index contributed by atoms with van der Waals surface area (Å²) >= 11 is 0. The quantitative estimate of drug-likeness (QED) is 0.705. The lowest BCUT2D eigenvalue weighted by Crippen LogP contribution is -2.62. The van der Waals surface area contributed by atoms with Crippen LogP contribution in [0.2, 0.25) is 0 Å². The maximum Gasteiger partial charge on any atom is 0.241 e. The van der Waals surface area contributed by atoms with Crippen LogP contribution < -0.4 is 9.64 Å². The number of rotatable bonds is 5. The number of hydrogen-bond acceptors (Lipinski definition) is 5. The molecule has 2 aliphatic heterocycles. The van der Waals surface area contributed by atoms with Crippen LogP contribution in [0.4, 0.5) is 5.69 Å². The zero-order valence-corrected chi connectivity index (χ0v) is 17.2. The number of piperazine rings is 1. The molecule has 1 amide bonds. The molecular formula is C21H28N2O4S. The molecule has 1 aliphatic carbocycles. The topological polar surface area (TPSA) is 66.9 Å². The number of nitrogens with zero attached hydrogens (tertiary/aromatic N) is 2. The van der Waals surface area contributed by atoms with Crippen LogP contribution in [-0.4, -0.2) is 63.0 Å². The van der Waals surface area contributed by atoms with Crippen LogP contribution in [-0.2, 0) is 14.6 Å². The smallest absolute Gasteiger partial charge is 0.241 e. The van der Waals surface area contributed by atoms with Crippen molar-refractivity contribution in [3.8, 4) is 5.75 Å². The molecule has 6 nitrogen and oxygen atoms in total. The van der Waals surface area contributed by atoms with E-state index in [2.05, 4.69) is 11.0 Å². The molecule has 0 spiro atoms. The zero-order valence-electron chi connectivity index (χ0n) is 16.3. The van der Waals surface area contributed by atoms with Crippen molar-refractivity contribution >= 4 is 21.4 Å². The van der Waals surface area contributed by atoms with Crippen molar-refractivity contribution in [2.75, 3.05) is 36.6 Å². The molecule has 152 valence electrons. The van der Waals surface area contributed by atoms with Crippen LogP contribution >= 0.6 is 0 Å². The molecule has 2 unspecified atom stereocenters. The predicted molar refractivity (Wildman–Crippen MR) is 109 cm³/mol. The van der Waals surface area contributed by atoms with Gasteiger partial charge in [0.25, 0.3) is 0 Å². The zero-order chi connectivity index (χ0) is 19.7. The van der Waals surface area contributed by atoms with Crippen molar-refractivity contribution in [2.45, 2.75) is 44.2 Å². The highest BCUT2D eigenvalue weighted by molar-refractivity contribution is 7.91. The van der Waals surface area contributed by atoms with E-state index in [4.69, 9.17) is 4.74 Å². The molecule has 0 bridgehead atoms. The van der Waals surface area contributed by atoms with Gasteiger partial charge in [-0.15, -0.1) is 0 Å². The van der Waals surface area contributed by atoms with Gasteiger partial charge in [-0.1, -0.05) is 17.7 Å². The van der Waals surface area contributed by atoms with E-state index in [0.717, 1.165) is 25.8 Å². The number of carbonyl (C=O) groups is 1. The van der Waals surface area contributed by atoms with Gasteiger partial charge in [-0.25, -0.2) is 8.42 Å². The first kappa shape index (κ1) is 19.5. The van der Waals surface area contributed by atoms with Crippen molar-refractivity contribution in [3.63, 3.8) is 0 Å². The largest absolute Gasteiger partial charge is 0.497 e. The Hall–Kier alpha value is -1.86. The van der Waals surface area contributed by atoms with E-state index in [1.165, 1.54) is 18.4 Å². The fourth-order valence-electron chi connectivity index (χ4n) is 4.72. The molecule has 0 aromatic heterocycles. The average molecular weight is 405 g/mol. The summed E-state index contributed by atoms with van der Waals surface area (Å²) in [5, 5.41) is 0. The SMILES string of the molecule is COc1cccc(N2C(=O)CN(CCC3=CCCCC3)C3CS(=O)(=O)CC32)c1. The van der Waals surface area contributed by atoms with Crippen molar-refractivity contribution in [1.82, 2.24) is 4.90 Å². The highest BCUT2D eigenvalue weighted by Gasteiger charge is 2.49. The monoisotopic (exact) mass is 404 g/mol. The molecule has 28 heavy (non-hydrogen) atoms. The highest BCUT2D eigenvalue weighted by Crippen LogP contribution is 2.33. The van der Waals surface area contributed by atoms with Gasteiger partial charge in [-0.3, -0.25) is 9.69 Å². The van der Waals surface area contributed by atoms with Crippen molar-refractivity contribution in [1.29, 1.82) is 0 Å². The van der Waals surface area contributed by atoms with Crippen LogP contribution in [0.5, 0.6) is 5.75 Å². The van der Waals surface area contributed by atoms with Gasteiger partial charge >= 0.3 is 0 Å². The highest BCUT2D eigenvalue weighted by atomic mass is 32.2. The van der Waals surface area contributed by atoms with Gasteiger partial charge < -0.3 is 9.64 Å². The lowest BCUT2D eigenvalue weighted by molar-refractivity contribution is -0.123. The summed E-state index contributed by atoms with van der Waals surface area (Å²) < 4.78 is 30.2. The Labute approximate surface area is 167 Å². The minimum absolute atomic E-state index is 0.0276. The summed E-state index contributed by atoms with van der Waals surface area (Å²) in [6.45, 7) is 1.02. The van der Waals surface area contributed by atoms with Crippen LogP contribution in [0.3, 0.4) is 0 Å². The molecule has 3 aliphatic rings. The van der Waals surface area contributed by atoms with Crippen LogP contribution in [0.25, 0.3) is 0 Å². The first-order valence-electron chi connectivity index (χ1n) is 10.1. The summed E-state index contributed by atoms with van der Waals surface area (Å²) in [6.07, 6.45) is 8.00. The lowest BCUT2D eigenvalue weighted by atomic mass is 9.96. The normalized spacial score (nSPS) is 27.4. The number of benzene rings is 1. The lowest BCUT2D eigenvalue weighted by Gasteiger charge is -2.43. The average Bonchev–Trinajstić information content (AvgIpc) is 3.01. The van der Waals surface area contributed by atoms with E-state index < -0.39 is 9.84 Å². The third kappa shape index (κ3) is 3.96. The van der Waals surface area contributed by atoms with E-state index in [-0.39, 0.29) is 36.0 Å². The second-order valence-corrected chi connectivity index (χ2v) is 10.2. The number of anilines is 1. The minimum atomic E-state index is -3.17. The van der Waals surface area contributed by atoms with E-state index in [1.807, 2.05) is 24.3 Å². The summed E-state index contributed by atoms with van der Waals surface area (Å²) in [4.78, 5) is 16.8. The second kappa shape index (κ2) is 7.87. The Morgan fingerprint density at radius 2 is 2.00 bits per heavy atom. The van der Waals surface area contributed by atoms with Gasteiger partial charge in [-0.2, -0.15) is 0 Å². The van der Waals surface area contributed by atoms with Gasteiger partial charge in [0, 0.05) is 24.3 Å². The van der Waals surface area contributed by atoms with Crippen LogP contribution in [0, 0.1) is 0 Å². The maximum absolute atomic E-state index is 13.0. The molecule has 2 fully saturated rings. The second-order valence-electron chi connectivity index (χ2n) is 8.01. The van der Waals surface area contributed by atoms with E-state index in [1.54, 1.807) is 12.0 Å². The Balaban J connectivity index is 1.57. The Bertz CT molecular complexity index is 880. The van der Waals surface area contributed by atoms with Gasteiger partial charge in [0.05, 0.1) is 31.2 Å². The first-order chi connectivity index (χ1) is 13.5. The number of hydrogen-bond donors (Lipinski definition) is 0. The molecule has 0 saturated carbocycles. The minimum Gasteiger partial charge on any atom is -0.497 e. The molecule has 7 heteroatoms. The van der Waals surface area contributed by atoms with E-state index in [0.29, 0.717) is 11.4 Å². The van der Waals surface area contributed by atoms with E-state index in [9.17, 15) is 13.2 Å². The Morgan fingerprint density at radius 1 is 1.18 bits per heavy atom. The number of sulfone groups is 1. The van der Waals surface area contributed by atoms with Crippen molar-refractivity contribution in [2.24, 2.45) is 0 Å². The number of carbonyl (C=O) groups excluding carboxylic acids is 1. The van der Waals surface area contributed by atoms with Crippen molar-refractivity contribution in [3.05, 3.63) is 35.9 Å². The standard InChI is InChI=1S/C21H28N2O4S/c1-27-18-9-5-8-17(12-18)23-20-15-28(25,26)14-19(20)22(13-21(23)24)11-10-16-6-3-2-4-7-16/h5-6,8-9,12,19-20H,2-4,7,10-11,13-15H2,1H3. The molecule has 1 aromatic carbocycles. The number of methoxy groups -OCH3 is 1. The molecular weight excluding hydrogens is 376 g/mol. The third-order valence-corrected chi connectivity index (χ3v) is 7.84. The molecule has 1 aromatic rings. The van der Waals surface area contributed by atoms with Gasteiger partial charge in [0.1, 0.15) is 5.75 Å². The van der Waals surface area contributed by atoms with Gasteiger partial charge in [0.15, 0.2) is 9.84 Å². The summed E-state index contributed by atoms with van der Waals surface area (Å²) in [5.41, 5.74) is 2.16. The van der Waals surface area contributed by atoms with Gasteiger partial charge in [0.2, 0.25) is 5.91 Å². The summed E-state index contributed by atoms with van der Waals surface area (Å²) in [6, 6.07) is 6.84. The molecule has 2 atom stereocenters. The Kier molecular flexibility index (Phi) is 5.47. The summed E-state index contributed by atoms with van der Waals surface area (Å²) in [7, 11) is -1.58. The third-order valence-electron chi connectivity index (χ3n) is 6.14. The predicted octanol–water partition coefficient (Wildman–Crippen LogP) is 2.40. The number of allylic oxidation sites excluding steroid dienone is 1. The number of ether oxygens (including phenoxy) is 1.